The number of sulfonamides is 1. The zero-order chi connectivity index (χ0) is 13.2. The summed E-state index contributed by atoms with van der Waals surface area (Å²) in [5.41, 5.74) is -0.312. The molecule has 1 N–H and O–H groups in total. The minimum atomic E-state index is -3.50. The zero-order valence-corrected chi connectivity index (χ0v) is 10.9. The second-order valence-corrected chi connectivity index (χ2v) is 6.30. The van der Waals surface area contributed by atoms with Crippen LogP contribution in [0, 0.1) is 5.92 Å². The standard InChI is InChI=1S/C11H16N2O4S/c1-17-8-9-4-5-13(7-9)18(15,16)10-2-3-11(14)12-6-10/h2-3,6,9H,4-5,7-8H2,1H3,(H,12,14). The Hall–Kier alpha value is -1.18. The molecule has 1 aromatic heterocycles. The SMILES string of the molecule is COCC1CCN(S(=O)(=O)c2ccc(=O)[nH]c2)C1. The number of nitrogens with zero attached hydrogens (tertiary/aromatic N) is 1. The lowest BCUT2D eigenvalue weighted by Gasteiger charge is -2.16. The molecule has 1 fully saturated rings. The maximum Gasteiger partial charge on any atom is 0.247 e. The van der Waals surface area contributed by atoms with Gasteiger partial charge in [-0.25, -0.2) is 8.42 Å². The van der Waals surface area contributed by atoms with Crippen LogP contribution in [0.15, 0.2) is 28.0 Å². The van der Waals surface area contributed by atoms with Crippen LogP contribution in [0.2, 0.25) is 0 Å². The molecular formula is C11H16N2O4S. The Bertz CT molecular complexity index is 546. The Balaban J connectivity index is 2.17. The fraction of sp³-hybridized carbons (Fsp3) is 0.545. The zero-order valence-electron chi connectivity index (χ0n) is 10.1. The normalized spacial score (nSPS) is 21.3. The Morgan fingerprint density at radius 1 is 1.50 bits per heavy atom. The first-order chi connectivity index (χ1) is 8.54. The number of methoxy groups -OCH3 is 1. The predicted octanol–water partition coefficient (Wildman–Crippen LogP) is 0.0319. The van der Waals surface area contributed by atoms with Gasteiger partial charge in [0.1, 0.15) is 0 Å². The maximum atomic E-state index is 12.3. The van der Waals surface area contributed by atoms with E-state index in [9.17, 15) is 13.2 Å². The molecule has 0 radical (unpaired) electrons. The van der Waals surface area contributed by atoms with E-state index < -0.39 is 10.0 Å². The summed E-state index contributed by atoms with van der Waals surface area (Å²) in [6.07, 6.45) is 2.04. The van der Waals surface area contributed by atoms with E-state index in [1.54, 1.807) is 7.11 Å². The molecule has 18 heavy (non-hydrogen) atoms. The number of aromatic amines is 1. The summed E-state index contributed by atoms with van der Waals surface area (Å²) < 4.78 is 31.0. The Morgan fingerprint density at radius 3 is 2.89 bits per heavy atom. The summed E-state index contributed by atoms with van der Waals surface area (Å²) in [6, 6.07) is 2.55. The van der Waals surface area contributed by atoms with E-state index in [2.05, 4.69) is 4.98 Å². The average molecular weight is 272 g/mol. The largest absolute Gasteiger partial charge is 0.384 e. The number of nitrogens with one attached hydrogen (secondary N) is 1. The summed E-state index contributed by atoms with van der Waals surface area (Å²) in [5.74, 6) is 0.243. The van der Waals surface area contributed by atoms with E-state index in [-0.39, 0.29) is 16.4 Å². The summed E-state index contributed by atoms with van der Waals surface area (Å²) in [7, 11) is -1.89. The molecule has 1 aromatic rings. The molecule has 0 amide bonds. The molecule has 1 unspecified atom stereocenters. The predicted molar refractivity (Wildman–Crippen MR) is 65.8 cm³/mol. The van der Waals surface area contributed by atoms with Gasteiger partial charge in [0.2, 0.25) is 15.6 Å². The number of hydrogen-bond donors (Lipinski definition) is 1. The molecule has 2 heterocycles. The third-order valence-electron chi connectivity index (χ3n) is 3.04. The Morgan fingerprint density at radius 2 is 2.28 bits per heavy atom. The van der Waals surface area contributed by atoms with Gasteiger partial charge in [0.15, 0.2) is 0 Å². The van der Waals surface area contributed by atoms with Crippen LogP contribution in [0.4, 0.5) is 0 Å². The van der Waals surface area contributed by atoms with Crippen molar-refractivity contribution < 1.29 is 13.2 Å². The monoisotopic (exact) mass is 272 g/mol. The second kappa shape index (κ2) is 5.21. The smallest absolute Gasteiger partial charge is 0.247 e. The van der Waals surface area contributed by atoms with Crippen LogP contribution < -0.4 is 5.56 Å². The third kappa shape index (κ3) is 2.63. The van der Waals surface area contributed by atoms with E-state index in [1.165, 1.54) is 22.6 Å². The molecule has 0 bridgehead atoms. The molecule has 1 aliphatic heterocycles. The van der Waals surface area contributed by atoms with Crippen LogP contribution in [0.3, 0.4) is 0 Å². The van der Waals surface area contributed by atoms with E-state index in [1.807, 2.05) is 0 Å². The quantitative estimate of drug-likeness (QED) is 0.838. The number of ether oxygens (including phenoxy) is 1. The van der Waals surface area contributed by atoms with Crippen LogP contribution in [-0.4, -0.2) is 44.5 Å². The molecule has 0 aromatic carbocycles. The average Bonchev–Trinajstić information content (AvgIpc) is 2.79. The van der Waals surface area contributed by atoms with Gasteiger partial charge in [-0.15, -0.1) is 0 Å². The fourth-order valence-electron chi connectivity index (χ4n) is 2.09. The van der Waals surface area contributed by atoms with Gasteiger partial charge in [-0.05, 0) is 18.4 Å². The highest BCUT2D eigenvalue weighted by Crippen LogP contribution is 2.23. The summed E-state index contributed by atoms with van der Waals surface area (Å²) in [6.45, 7) is 1.53. The topological polar surface area (TPSA) is 79.5 Å². The van der Waals surface area contributed by atoms with Crippen LogP contribution >= 0.6 is 0 Å². The highest BCUT2D eigenvalue weighted by molar-refractivity contribution is 7.89. The first-order valence-electron chi connectivity index (χ1n) is 5.72. The van der Waals surface area contributed by atoms with Gasteiger partial charge in [-0.2, -0.15) is 4.31 Å². The van der Waals surface area contributed by atoms with Crippen molar-refractivity contribution in [2.45, 2.75) is 11.3 Å². The molecular weight excluding hydrogens is 256 g/mol. The third-order valence-corrected chi connectivity index (χ3v) is 4.91. The van der Waals surface area contributed by atoms with Gasteiger partial charge in [-0.1, -0.05) is 0 Å². The van der Waals surface area contributed by atoms with Gasteiger partial charge in [0.05, 0.1) is 11.5 Å². The minimum Gasteiger partial charge on any atom is -0.384 e. The molecule has 1 atom stereocenters. The minimum absolute atomic E-state index is 0.125. The van der Waals surface area contributed by atoms with Gasteiger partial charge >= 0.3 is 0 Å². The van der Waals surface area contributed by atoms with Gasteiger partial charge in [0, 0.05) is 32.5 Å². The molecule has 7 heteroatoms. The fourth-order valence-corrected chi connectivity index (χ4v) is 3.59. The van der Waals surface area contributed by atoms with Crippen molar-refractivity contribution in [3.63, 3.8) is 0 Å². The molecule has 0 saturated carbocycles. The molecule has 0 spiro atoms. The van der Waals surface area contributed by atoms with Crippen LogP contribution in [0.1, 0.15) is 6.42 Å². The van der Waals surface area contributed by atoms with Crippen molar-refractivity contribution in [2.75, 3.05) is 26.8 Å². The first kappa shape index (κ1) is 13.3. The van der Waals surface area contributed by atoms with Crippen molar-refractivity contribution >= 4 is 10.0 Å². The lowest BCUT2D eigenvalue weighted by molar-refractivity contribution is 0.157. The summed E-state index contributed by atoms with van der Waals surface area (Å²) in [4.78, 5) is 13.4. The number of H-pyrrole nitrogens is 1. The van der Waals surface area contributed by atoms with E-state index in [4.69, 9.17) is 4.74 Å². The maximum absolute atomic E-state index is 12.3. The summed E-state index contributed by atoms with van der Waals surface area (Å²) in [5, 5.41) is 0. The van der Waals surface area contributed by atoms with E-state index in [0.29, 0.717) is 19.7 Å². The summed E-state index contributed by atoms with van der Waals surface area (Å²) >= 11 is 0. The molecule has 2 rings (SSSR count). The van der Waals surface area contributed by atoms with Crippen molar-refractivity contribution in [1.82, 2.24) is 9.29 Å². The number of rotatable bonds is 4. The van der Waals surface area contributed by atoms with Crippen LogP contribution in [0.5, 0.6) is 0 Å². The Kier molecular flexibility index (Phi) is 3.84. The number of pyridine rings is 1. The van der Waals surface area contributed by atoms with E-state index >= 15 is 0 Å². The lowest BCUT2D eigenvalue weighted by atomic mass is 10.1. The van der Waals surface area contributed by atoms with Gasteiger partial charge in [-0.3, -0.25) is 4.79 Å². The lowest BCUT2D eigenvalue weighted by Crippen LogP contribution is -2.29. The van der Waals surface area contributed by atoms with E-state index in [0.717, 1.165) is 6.42 Å². The molecule has 1 saturated heterocycles. The van der Waals surface area contributed by atoms with Crippen molar-refractivity contribution in [2.24, 2.45) is 5.92 Å². The molecule has 0 aliphatic carbocycles. The Labute approximate surface area is 106 Å². The molecule has 1 aliphatic rings. The van der Waals surface area contributed by atoms with Gasteiger partial charge in [0.25, 0.3) is 0 Å². The molecule has 6 nitrogen and oxygen atoms in total. The van der Waals surface area contributed by atoms with Crippen LogP contribution in [-0.2, 0) is 14.8 Å². The first-order valence-corrected chi connectivity index (χ1v) is 7.16. The van der Waals surface area contributed by atoms with Crippen molar-refractivity contribution in [1.29, 1.82) is 0 Å². The second-order valence-electron chi connectivity index (χ2n) is 4.36. The van der Waals surface area contributed by atoms with Crippen molar-refractivity contribution in [3.8, 4) is 0 Å². The van der Waals surface area contributed by atoms with Crippen molar-refractivity contribution in [3.05, 3.63) is 28.7 Å². The van der Waals surface area contributed by atoms with Crippen LogP contribution in [0.25, 0.3) is 0 Å². The van der Waals surface area contributed by atoms with Gasteiger partial charge < -0.3 is 9.72 Å². The number of hydrogen-bond acceptors (Lipinski definition) is 4. The highest BCUT2D eigenvalue weighted by Gasteiger charge is 2.32. The number of aromatic nitrogens is 1. The molecule has 100 valence electrons. The highest BCUT2D eigenvalue weighted by atomic mass is 32.2.